The molecule has 0 unspecified atom stereocenters. The molecule has 0 aliphatic carbocycles. The van der Waals surface area contributed by atoms with E-state index in [2.05, 4.69) is 0 Å². The molecule has 6 nitrogen and oxygen atoms in total. The van der Waals surface area contributed by atoms with Crippen molar-refractivity contribution in [2.24, 2.45) is 5.73 Å². The summed E-state index contributed by atoms with van der Waals surface area (Å²) in [6, 6.07) is 5.18. The molecule has 2 aliphatic rings. The van der Waals surface area contributed by atoms with Gasteiger partial charge in [-0.2, -0.15) is 4.31 Å². The molecule has 0 atom stereocenters. The molecule has 2 N–H and O–H groups in total. The van der Waals surface area contributed by atoms with Gasteiger partial charge in [0.1, 0.15) is 0 Å². The van der Waals surface area contributed by atoms with Gasteiger partial charge in [-0.3, -0.25) is 4.79 Å². The van der Waals surface area contributed by atoms with Gasteiger partial charge in [-0.05, 0) is 43.0 Å². The molecule has 22 heavy (non-hydrogen) atoms. The molecule has 0 aromatic heterocycles. The topological polar surface area (TPSA) is 83.7 Å². The Kier molecular flexibility index (Phi) is 4.10. The van der Waals surface area contributed by atoms with E-state index in [-0.39, 0.29) is 12.5 Å². The summed E-state index contributed by atoms with van der Waals surface area (Å²) in [6.45, 7) is 2.08. The van der Waals surface area contributed by atoms with Gasteiger partial charge in [-0.1, -0.05) is 6.42 Å². The monoisotopic (exact) mass is 323 g/mol. The smallest absolute Gasteiger partial charge is 0.243 e. The van der Waals surface area contributed by atoms with Gasteiger partial charge in [0.2, 0.25) is 15.9 Å². The van der Waals surface area contributed by atoms with Gasteiger partial charge < -0.3 is 10.6 Å². The number of fused-ring (bicyclic) bond motifs is 1. The van der Waals surface area contributed by atoms with E-state index in [1.54, 1.807) is 22.5 Å². The first kappa shape index (κ1) is 15.3. The first-order chi connectivity index (χ1) is 10.5. The van der Waals surface area contributed by atoms with Crippen molar-refractivity contribution in [3.63, 3.8) is 0 Å². The van der Waals surface area contributed by atoms with Crippen molar-refractivity contribution >= 4 is 21.6 Å². The summed E-state index contributed by atoms with van der Waals surface area (Å²) in [6.07, 6.45) is 3.69. The van der Waals surface area contributed by atoms with Crippen LogP contribution in [0.5, 0.6) is 0 Å². The molecule has 2 heterocycles. The summed E-state index contributed by atoms with van der Waals surface area (Å²) in [5.41, 5.74) is 7.13. The van der Waals surface area contributed by atoms with Crippen LogP contribution in [-0.2, 0) is 21.2 Å². The van der Waals surface area contributed by atoms with Gasteiger partial charge in [-0.25, -0.2) is 8.42 Å². The normalized spacial score (nSPS) is 19.2. The van der Waals surface area contributed by atoms with Gasteiger partial charge in [0.05, 0.1) is 11.4 Å². The molecule has 1 fully saturated rings. The van der Waals surface area contributed by atoms with Crippen LogP contribution in [0.2, 0.25) is 0 Å². The molecule has 120 valence electrons. The van der Waals surface area contributed by atoms with Crippen LogP contribution in [0.3, 0.4) is 0 Å². The second kappa shape index (κ2) is 5.89. The second-order valence-corrected chi connectivity index (χ2v) is 7.83. The van der Waals surface area contributed by atoms with Gasteiger partial charge >= 0.3 is 0 Å². The van der Waals surface area contributed by atoms with Gasteiger partial charge in [-0.15, -0.1) is 0 Å². The van der Waals surface area contributed by atoms with E-state index < -0.39 is 10.0 Å². The van der Waals surface area contributed by atoms with Crippen LogP contribution in [0.25, 0.3) is 0 Å². The van der Waals surface area contributed by atoms with E-state index in [0.29, 0.717) is 24.5 Å². The summed E-state index contributed by atoms with van der Waals surface area (Å²) in [7, 11) is -3.40. The number of nitrogens with two attached hydrogens (primary N) is 1. The third kappa shape index (κ3) is 2.83. The first-order valence-corrected chi connectivity index (χ1v) is 9.09. The number of nitrogens with zero attached hydrogens (tertiary/aromatic N) is 2. The highest BCUT2D eigenvalue weighted by Gasteiger charge is 2.28. The Balaban J connectivity index is 1.86. The van der Waals surface area contributed by atoms with Crippen LogP contribution in [-0.4, -0.2) is 44.8 Å². The molecule has 1 aromatic carbocycles. The third-order valence-corrected chi connectivity index (χ3v) is 6.24. The Hall–Kier alpha value is -1.60. The number of carbonyl (C=O) groups is 1. The molecule has 1 amide bonds. The van der Waals surface area contributed by atoms with Crippen molar-refractivity contribution in [3.05, 3.63) is 23.8 Å². The largest absolute Gasteiger partial charge is 0.368 e. The summed E-state index contributed by atoms with van der Waals surface area (Å²) < 4.78 is 26.9. The molecule has 7 heteroatoms. The lowest BCUT2D eigenvalue weighted by Gasteiger charge is -2.26. The van der Waals surface area contributed by atoms with E-state index >= 15 is 0 Å². The highest BCUT2D eigenvalue weighted by atomic mass is 32.2. The molecule has 0 bridgehead atoms. The van der Waals surface area contributed by atoms with Crippen molar-refractivity contribution in [1.82, 2.24) is 4.31 Å². The van der Waals surface area contributed by atoms with E-state index in [1.165, 1.54) is 0 Å². The molecule has 0 radical (unpaired) electrons. The van der Waals surface area contributed by atoms with Crippen molar-refractivity contribution in [2.45, 2.75) is 30.6 Å². The summed E-state index contributed by atoms with van der Waals surface area (Å²) in [5, 5.41) is 0. The third-order valence-electron chi connectivity index (χ3n) is 4.34. The zero-order valence-corrected chi connectivity index (χ0v) is 13.3. The Bertz CT molecular complexity index is 681. The summed E-state index contributed by atoms with van der Waals surface area (Å²) in [4.78, 5) is 13.3. The number of amides is 1. The fourth-order valence-corrected chi connectivity index (χ4v) is 4.78. The molecular formula is C15H21N3O3S. The lowest BCUT2D eigenvalue weighted by Crippen LogP contribution is -2.35. The average molecular weight is 323 g/mol. The maximum absolute atomic E-state index is 12.7. The molecule has 3 rings (SSSR count). The number of hydrogen-bond donors (Lipinski definition) is 1. The van der Waals surface area contributed by atoms with E-state index in [4.69, 9.17) is 5.73 Å². The quantitative estimate of drug-likeness (QED) is 0.884. The van der Waals surface area contributed by atoms with Crippen molar-refractivity contribution < 1.29 is 13.2 Å². The molecular weight excluding hydrogens is 302 g/mol. The van der Waals surface area contributed by atoms with Gasteiger partial charge in [0, 0.05) is 25.3 Å². The summed E-state index contributed by atoms with van der Waals surface area (Å²) >= 11 is 0. The molecule has 0 spiro atoms. The number of sulfonamides is 1. The van der Waals surface area contributed by atoms with Gasteiger partial charge in [0.15, 0.2) is 0 Å². The Morgan fingerprint density at radius 3 is 2.55 bits per heavy atom. The Morgan fingerprint density at radius 1 is 1.14 bits per heavy atom. The maximum Gasteiger partial charge on any atom is 0.243 e. The van der Waals surface area contributed by atoms with Crippen LogP contribution in [0.4, 0.5) is 5.69 Å². The molecule has 1 saturated heterocycles. The zero-order valence-electron chi connectivity index (χ0n) is 12.5. The maximum atomic E-state index is 12.7. The highest BCUT2D eigenvalue weighted by Crippen LogP contribution is 2.31. The number of carbonyl (C=O) groups excluding carboxylic acids is 1. The average Bonchev–Trinajstić information content (AvgIpc) is 2.90. The van der Waals surface area contributed by atoms with Crippen LogP contribution < -0.4 is 10.6 Å². The number of anilines is 1. The van der Waals surface area contributed by atoms with Crippen molar-refractivity contribution in [3.8, 4) is 0 Å². The molecule has 2 aliphatic heterocycles. The van der Waals surface area contributed by atoms with Crippen LogP contribution in [0.15, 0.2) is 23.1 Å². The SMILES string of the molecule is NC(=O)CN1CCc2cc(S(=O)(=O)N3CCCCC3)ccc21. The predicted molar refractivity (Wildman–Crippen MR) is 84.2 cm³/mol. The number of piperidine rings is 1. The van der Waals surface area contributed by atoms with Crippen LogP contribution in [0, 0.1) is 0 Å². The van der Waals surface area contributed by atoms with Crippen molar-refractivity contribution in [2.75, 3.05) is 31.1 Å². The number of benzene rings is 1. The lowest BCUT2D eigenvalue weighted by molar-refractivity contribution is -0.116. The number of rotatable bonds is 4. The molecule has 1 aromatic rings. The minimum Gasteiger partial charge on any atom is -0.368 e. The molecule has 0 saturated carbocycles. The fourth-order valence-electron chi connectivity index (χ4n) is 3.21. The standard InChI is InChI=1S/C15H21N3O3S/c16-15(19)11-17-9-6-12-10-13(4-5-14(12)17)22(20,21)18-7-2-1-3-8-18/h4-5,10H,1-3,6-9,11H2,(H2,16,19). The minimum atomic E-state index is -3.40. The Labute approximate surface area is 130 Å². The highest BCUT2D eigenvalue weighted by molar-refractivity contribution is 7.89. The number of primary amides is 1. The second-order valence-electron chi connectivity index (χ2n) is 5.89. The number of hydrogen-bond acceptors (Lipinski definition) is 4. The lowest BCUT2D eigenvalue weighted by atomic mass is 10.2. The fraction of sp³-hybridized carbons (Fsp3) is 0.533. The van der Waals surface area contributed by atoms with Crippen LogP contribution >= 0.6 is 0 Å². The first-order valence-electron chi connectivity index (χ1n) is 7.65. The van der Waals surface area contributed by atoms with E-state index in [1.807, 2.05) is 4.90 Å². The van der Waals surface area contributed by atoms with Gasteiger partial charge in [0.25, 0.3) is 0 Å². The van der Waals surface area contributed by atoms with E-state index in [0.717, 1.165) is 36.9 Å². The summed E-state index contributed by atoms with van der Waals surface area (Å²) in [5.74, 6) is -0.377. The van der Waals surface area contributed by atoms with Crippen LogP contribution in [0.1, 0.15) is 24.8 Å². The van der Waals surface area contributed by atoms with Crippen molar-refractivity contribution in [1.29, 1.82) is 0 Å². The zero-order chi connectivity index (χ0) is 15.7. The Morgan fingerprint density at radius 2 is 1.86 bits per heavy atom. The predicted octanol–water partition coefficient (Wildman–Crippen LogP) is 0.709. The van der Waals surface area contributed by atoms with E-state index in [9.17, 15) is 13.2 Å². The minimum absolute atomic E-state index is 0.172.